The van der Waals surface area contributed by atoms with Gasteiger partial charge in [0.25, 0.3) is 0 Å². The molecule has 17 heavy (non-hydrogen) atoms. The van der Waals surface area contributed by atoms with E-state index in [0.29, 0.717) is 17.6 Å². The van der Waals surface area contributed by atoms with E-state index >= 15 is 0 Å². The number of fused-ring (bicyclic) bond motifs is 1. The van der Waals surface area contributed by atoms with E-state index in [0.717, 1.165) is 5.56 Å². The van der Waals surface area contributed by atoms with Crippen molar-refractivity contribution in [3.05, 3.63) is 34.2 Å². The van der Waals surface area contributed by atoms with Gasteiger partial charge in [0, 0.05) is 13.6 Å². The molecule has 0 atom stereocenters. The molecular weight excluding hydrogens is 220 g/mol. The molecule has 2 aromatic rings. The first kappa shape index (κ1) is 11.0. The fourth-order valence-electron chi connectivity index (χ4n) is 1.61. The maximum atomic E-state index is 11.1. The van der Waals surface area contributed by atoms with Crippen molar-refractivity contribution in [1.29, 1.82) is 5.26 Å². The number of aromatic nitrogens is 2. The number of rotatable bonds is 2. The van der Waals surface area contributed by atoms with Crippen LogP contribution in [-0.2, 0) is 11.3 Å². The van der Waals surface area contributed by atoms with Crippen LogP contribution in [0.3, 0.4) is 0 Å². The van der Waals surface area contributed by atoms with Crippen molar-refractivity contribution < 1.29 is 4.79 Å². The molecule has 2 rings (SSSR count). The predicted molar refractivity (Wildman–Crippen MR) is 61.0 cm³/mol. The Morgan fingerprint density at radius 3 is 2.82 bits per heavy atom. The van der Waals surface area contributed by atoms with Gasteiger partial charge in [-0.05, 0) is 17.7 Å². The molecule has 0 aliphatic rings. The lowest BCUT2D eigenvalue weighted by molar-refractivity contribution is -0.124. The molecule has 0 radical (unpaired) electrons. The number of carbonyl (C=O) groups excluding carboxylic acids is 1. The summed E-state index contributed by atoms with van der Waals surface area (Å²) in [4.78, 5) is 28.7. The Morgan fingerprint density at radius 1 is 1.41 bits per heavy atom. The van der Waals surface area contributed by atoms with E-state index in [2.05, 4.69) is 9.97 Å². The third kappa shape index (κ3) is 2.18. The van der Waals surface area contributed by atoms with Gasteiger partial charge in [0.2, 0.25) is 0 Å². The smallest absolute Gasteiger partial charge is 0.325 e. The first-order valence-electron chi connectivity index (χ1n) is 4.96. The third-order valence-electron chi connectivity index (χ3n) is 2.44. The lowest BCUT2D eigenvalue weighted by Crippen LogP contribution is -2.24. The Kier molecular flexibility index (Phi) is 2.66. The fourth-order valence-corrected chi connectivity index (χ4v) is 1.61. The van der Waals surface area contributed by atoms with E-state index in [4.69, 9.17) is 5.26 Å². The summed E-state index contributed by atoms with van der Waals surface area (Å²) in [7, 11) is 1.55. The zero-order chi connectivity index (χ0) is 12.4. The van der Waals surface area contributed by atoms with Crippen LogP contribution in [0.5, 0.6) is 0 Å². The highest BCUT2D eigenvalue weighted by molar-refractivity contribution is 5.91. The molecular formula is C11H10N4O2. The molecule has 1 aromatic carbocycles. The lowest BCUT2D eigenvalue weighted by atomic mass is 10.2. The molecule has 0 aliphatic heterocycles. The number of benzene rings is 1. The van der Waals surface area contributed by atoms with Gasteiger partial charge in [-0.1, -0.05) is 6.07 Å². The fraction of sp³-hybridized carbons (Fsp3) is 0.182. The summed E-state index contributed by atoms with van der Waals surface area (Å²) in [6.45, 7) is 0.329. The van der Waals surface area contributed by atoms with Crippen molar-refractivity contribution in [3.63, 3.8) is 0 Å². The molecule has 6 heteroatoms. The molecule has 1 heterocycles. The highest BCUT2D eigenvalue weighted by Gasteiger charge is 2.08. The molecule has 0 saturated heterocycles. The minimum absolute atomic E-state index is 0.265. The van der Waals surface area contributed by atoms with E-state index in [1.807, 2.05) is 0 Å². The summed E-state index contributed by atoms with van der Waals surface area (Å²) in [5.41, 5.74) is 1.98. The van der Waals surface area contributed by atoms with Crippen LogP contribution in [0.25, 0.3) is 11.0 Å². The van der Waals surface area contributed by atoms with Gasteiger partial charge in [-0.25, -0.2) is 4.79 Å². The zero-order valence-corrected chi connectivity index (χ0v) is 9.15. The molecule has 0 fully saturated rings. The molecule has 0 bridgehead atoms. The Balaban J connectivity index is 2.28. The summed E-state index contributed by atoms with van der Waals surface area (Å²) in [5.74, 6) is -0.590. The topological polar surface area (TPSA) is 92.8 Å². The van der Waals surface area contributed by atoms with Gasteiger partial charge in [0.05, 0.1) is 11.0 Å². The Morgan fingerprint density at radius 2 is 2.12 bits per heavy atom. The number of nitrogens with zero attached hydrogens (tertiary/aromatic N) is 2. The third-order valence-corrected chi connectivity index (χ3v) is 2.44. The molecule has 1 aromatic heterocycles. The first-order valence-corrected chi connectivity index (χ1v) is 4.96. The average molecular weight is 230 g/mol. The predicted octanol–water partition coefficient (Wildman–Crippen LogP) is 0.338. The number of aromatic amines is 2. The van der Waals surface area contributed by atoms with Gasteiger partial charge in [0.15, 0.2) is 6.07 Å². The number of amides is 1. The second-order valence-electron chi connectivity index (χ2n) is 3.73. The van der Waals surface area contributed by atoms with Crippen molar-refractivity contribution in [2.24, 2.45) is 0 Å². The standard InChI is InChI=1S/C11H10N4O2/c1-15(10(16)5-12)6-7-2-3-8-9(4-7)14-11(17)13-8/h2-4H,6H2,1H3,(H2,13,14,17). The molecule has 0 spiro atoms. The van der Waals surface area contributed by atoms with Crippen LogP contribution in [0.2, 0.25) is 0 Å². The highest BCUT2D eigenvalue weighted by Crippen LogP contribution is 2.11. The molecule has 6 nitrogen and oxygen atoms in total. The van der Waals surface area contributed by atoms with Gasteiger partial charge in [-0.2, -0.15) is 5.26 Å². The highest BCUT2D eigenvalue weighted by atomic mass is 16.2. The van der Waals surface area contributed by atoms with E-state index in [-0.39, 0.29) is 5.69 Å². The Bertz CT molecular complexity index is 662. The van der Waals surface area contributed by atoms with E-state index in [1.54, 1.807) is 31.3 Å². The van der Waals surface area contributed by atoms with Gasteiger partial charge in [-0.15, -0.1) is 0 Å². The number of imidazole rings is 1. The normalized spacial score (nSPS) is 10.1. The zero-order valence-electron chi connectivity index (χ0n) is 9.15. The van der Waals surface area contributed by atoms with Crippen molar-refractivity contribution in [2.45, 2.75) is 6.54 Å². The van der Waals surface area contributed by atoms with Gasteiger partial charge in [0.1, 0.15) is 0 Å². The minimum Gasteiger partial charge on any atom is -0.329 e. The quantitative estimate of drug-likeness (QED) is 0.728. The molecule has 86 valence electrons. The van der Waals surface area contributed by atoms with Crippen LogP contribution in [0.4, 0.5) is 0 Å². The van der Waals surface area contributed by atoms with Crippen molar-refractivity contribution in [1.82, 2.24) is 14.9 Å². The summed E-state index contributed by atoms with van der Waals surface area (Å²) >= 11 is 0. The summed E-state index contributed by atoms with van der Waals surface area (Å²) in [5, 5.41) is 8.46. The average Bonchev–Trinajstić information content (AvgIpc) is 2.67. The van der Waals surface area contributed by atoms with Crippen LogP contribution in [0.15, 0.2) is 23.0 Å². The second kappa shape index (κ2) is 4.14. The maximum absolute atomic E-state index is 11.1. The first-order chi connectivity index (χ1) is 8.10. The van der Waals surface area contributed by atoms with Crippen LogP contribution in [-0.4, -0.2) is 27.8 Å². The summed E-state index contributed by atoms with van der Waals surface area (Å²) in [6.07, 6.45) is 0. The number of nitriles is 1. The number of nitrogens with one attached hydrogen (secondary N) is 2. The number of hydrogen-bond donors (Lipinski definition) is 2. The van der Waals surface area contributed by atoms with Crippen molar-refractivity contribution in [3.8, 4) is 6.07 Å². The monoisotopic (exact) mass is 230 g/mol. The van der Waals surface area contributed by atoms with Crippen molar-refractivity contribution in [2.75, 3.05) is 7.05 Å². The maximum Gasteiger partial charge on any atom is 0.325 e. The Hall–Kier alpha value is -2.55. The lowest BCUT2D eigenvalue weighted by Gasteiger charge is -2.12. The summed E-state index contributed by atoms with van der Waals surface area (Å²) < 4.78 is 0. The number of H-pyrrole nitrogens is 2. The number of hydrogen-bond acceptors (Lipinski definition) is 3. The second-order valence-corrected chi connectivity index (χ2v) is 3.73. The molecule has 0 saturated carbocycles. The molecule has 1 amide bonds. The van der Waals surface area contributed by atoms with Gasteiger partial charge >= 0.3 is 11.6 Å². The molecule has 0 unspecified atom stereocenters. The molecule has 2 N–H and O–H groups in total. The van der Waals surface area contributed by atoms with Crippen molar-refractivity contribution >= 4 is 16.9 Å². The minimum atomic E-state index is -0.590. The van der Waals surface area contributed by atoms with E-state index in [1.165, 1.54) is 4.90 Å². The van der Waals surface area contributed by atoms with Crippen LogP contribution < -0.4 is 5.69 Å². The number of carbonyl (C=O) groups is 1. The van der Waals surface area contributed by atoms with Gasteiger partial charge < -0.3 is 14.9 Å². The van der Waals surface area contributed by atoms with E-state index in [9.17, 15) is 9.59 Å². The SMILES string of the molecule is CN(Cc1ccc2[nH]c(=O)[nH]c2c1)C(=O)C#N. The van der Waals surface area contributed by atoms with Crippen LogP contribution >= 0.6 is 0 Å². The largest absolute Gasteiger partial charge is 0.329 e. The van der Waals surface area contributed by atoms with Crippen LogP contribution in [0.1, 0.15) is 5.56 Å². The van der Waals surface area contributed by atoms with E-state index < -0.39 is 5.91 Å². The Labute approximate surface area is 96.5 Å². The molecule has 0 aliphatic carbocycles. The van der Waals surface area contributed by atoms with Crippen LogP contribution in [0, 0.1) is 11.3 Å². The van der Waals surface area contributed by atoms with Gasteiger partial charge in [-0.3, -0.25) is 4.79 Å². The summed E-state index contributed by atoms with van der Waals surface area (Å²) in [6, 6.07) is 6.88.